The lowest BCUT2D eigenvalue weighted by atomic mass is 10.1. The molecule has 0 aliphatic rings. The molecule has 0 saturated heterocycles. The maximum atomic E-state index is 13.6. The van der Waals surface area contributed by atoms with E-state index in [1.54, 1.807) is 0 Å². The molecular formula is C15H16F2N4O. The van der Waals surface area contributed by atoms with Crippen molar-refractivity contribution in [3.05, 3.63) is 47.9 Å². The topological polar surface area (TPSA) is 66.9 Å². The first kappa shape index (κ1) is 15.8. The molecule has 116 valence electrons. The summed E-state index contributed by atoms with van der Waals surface area (Å²) in [5.41, 5.74) is -0.198. The van der Waals surface area contributed by atoms with Crippen LogP contribution >= 0.6 is 0 Å². The van der Waals surface area contributed by atoms with Crippen LogP contribution in [0.25, 0.3) is 0 Å². The van der Waals surface area contributed by atoms with Gasteiger partial charge in [0.2, 0.25) is 0 Å². The molecule has 0 aliphatic heterocycles. The number of carbonyl (C=O) groups is 1. The Hall–Kier alpha value is -2.57. The van der Waals surface area contributed by atoms with Crippen LogP contribution in [0.15, 0.2) is 30.6 Å². The van der Waals surface area contributed by atoms with Crippen LogP contribution in [0.4, 0.5) is 20.3 Å². The maximum Gasteiger partial charge on any atom is 0.270 e. The van der Waals surface area contributed by atoms with Crippen molar-refractivity contribution < 1.29 is 13.6 Å². The van der Waals surface area contributed by atoms with Crippen molar-refractivity contribution in [2.24, 2.45) is 0 Å². The van der Waals surface area contributed by atoms with Crippen LogP contribution in [0, 0.1) is 11.6 Å². The van der Waals surface area contributed by atoms with E-state index < -0.39 is 17.2 Å². The minimum atomic E-state index is -0.751. The van der Waals surface area contributed by atoms with Crippen molar-refractivity contribution in [2.45, 2.75) is 26.3 Å². The lowest BCUT2D eigenvalue weighted by molar-refractivity contribution is 0.0914. The summed E-state index contributed by atoms with van der Waals surface area (Å²) < 4.78 is 26.5. The fraction of sp³-hybridized carbons (Fsp3) is 0.267. The Balaban J connectivity index is 2.20. The lowest BCUT2D eigenvalue weighted by Gasteiger charge is -2.20. The van der Waals surface area contributed by atoms with Gasteiger partial charge in [-0.25, -0.2) is 18.7 Å². The van der Waals surface area contributed by atoms with E-state index in [1.807, 2.05) is 20.8 Å². The van der Waals surface area contributed by atoms with Gasteiger partial charge in [-0.05, 0) is 32.9 Å². The van der Waals surface area contributed by atoms with Crippen LogP contribution in [0.3, 0.4) is 0 Å². The largest absolute Gasteiger partial charge is 0.346 e. The summed E-state index contributed by atoms with van der Waals surface area (Å²) >= 11 is 0. The number of amides is 1. The van der Waals surface area contributed by atoms with Gasteiger partial charge in [0.25, 0.3) is 5.91 Å². The first-order valence-corrected chi connectivity index (χ1v) is 6.61. The van der Waals surface area contributed by atoms with Crippen LogP contribution in [0.2, 0.25) is 0 Å². The van der Waals surface area contributed by atoms with E-state index in [0.717, 1.165) is 12.1 Å². The highest BCUT2D eigenvalue weighted by Gasteiger charge is 2.17. The van der Waals surface area contributed by atoms with Crippen LogP contribution in [-0.4, -0.2) is 21.4 Å². The van der Waals surface area contributed by atoms with Gasteiger partial charge in [0.15, 0.2) is 0 Å². The predicted octanol–water partition coefficient (Wildman–Crippen LogP) is 3.03. The molecule has 0 bridgehead atoms. The van der Waals surface area contributed by atoms with Gasteiger partial charge in [-0.1, -0.05) is 0 Å². The number of hydrogen-bond donors (Lipinski definition) is 2. The van der Waals surface area contributed by atoms with Gasteiger partial charge in [0.05, 0.1) is 5.69 Å². The van der Waals surface area contributed by atoms with Crippen LogP contribution in [0.5, 0.6) is 0 Å². The number of anilines is 2. The Kier molecular flexibility index (Phi) is 4.35. The molecule has 1 aromatic heterocycles. The molecule has 22 heavy (non-hydrogen) atoms. The van der Waals surface area contributed by atoms with Gasteiger partial charge >= 0.3 is 0 Å². The van der Waals surface area contributed by atoms with Gasteiger partial charge < -0.3 is 10.6 Å². The van der Waals surface area contributed by atoms with Gasteiger partial charge in [0.1, 0.15) is 29.5 Å². The number of halogens is 2. The molecule has 5 nitrogen and oxygen atoms in total. The van der Waals surface area contributed by atoms with Gasteiger partial charge in [-0.2, -0.15) is 0 Å². The van der Waals surface area contributed by atoms with Crippen LogP contribution in [0.1, 0.15) is 31.3 Å². The average Bonchev–Trinajstić information content (AvgIpc) is 2.40. The maximum absolute atomic E-state index is 13.6. The van der Waals surface area contributed by atoms with Crippen molar-refractivity contribution in [3.63, 3.8) is 0 Å². The first-order valence-electron chi connectivity index (χ1n) is 6.61. The fourth-order valence-corrected chi connectivity index (χ4v) is 1.68. The van der Waals surface area contributed by atoms with E-state index in [9.17, 15) is 13.6 Å². The predicted molar refractivity (Wildman–Crippen MR) is 78.9 cm³/mol. The van der Waals surface area contributed by atoms with E-state index in [0.29, 0.717) is 0 Å². The summed E-state index contributed by atoms with van der Waals surface area (Å²) in [5, 5.41) is 5.45. The van der Waals surface area contributed by atoms with Gasteiger partial charge in [-0.3, -0.25) is 4.79 Å². The molecule has 1 heterocycles. The minimum Gasteiger partial charge on any atom is -0.346 e. The monoisotopic (exact) mass is 306 g/mol. The number of carbonyl (C=O) groups excluding carboxylic acids is 1. The van der Waals surface area contributed by atoms with Crippen molar-refractivity contribution in [3.8, 4) is 0 Å². The Morgan fingerprint density at radius 2 is 1.86 bits per heavy atom. The molecule has 1 amide bonds. The molecule has 0 saturated carbocycles. The van der Waals surface area contributed by atoms with Crippen LogP contribution < -0.4 is 10.6 Å². The summed E-state index contributed by atoms with van der Waals surface area (Å²) in [6.45, 7) is 5.54. The van der Waals surface area contributed by atoms with Crippen molar-refractivity contribution >= 4 is 17.4 Å². The summed E-state index contributed by atoms with van der Waals surface area (Å²) in [6, 6.07) is 4.53. The molecule has 0 atom stereocenters. The second-order valence-electron chi connectivity index (χ2n) is 5.74. The van der Waals surface area contributed by atoms with E-state index in [1.165, 1.54) is 18.5 Å². The molecule has 0 spiro atoms. The molecule has 0 fully saturated rings. The Labute approximate surface area is 126 Å². The van der Waals surface area contributed by atoms with Gasteiger partial charge in [0, 0.05) is 17.7 Å². The number of nitrogens with zero attached hydrogens (tertiary/aromatic N) is 2. The van der Waals surface area contributed by atoms with E-state index in [4.69, 9.17) is 0 Å². The third kappa shape index (κ3) is 4.21. The standard InChI is InChI=1S/C15H16F2N4O/c1-15(2,3)21-14(22)12-7-13(19-8-18-12)20-11-5-4-9(16)6-10(11)17/h4-8H,1-3H3,(H,21,22)(H,18,19,20). The van der Waals surface area contributed by atoms with Gasteiger partial charge in [-0.15, -0.1) is 0 Å². The molecule has 2 aromatic rings. The number of nitrogens with one attached hydrogen (secondary N) is 2. The average molecular weight is 306 g/mol. The molecule has 0 unspecified atom stereocenters. The zero-order valence-corrected chi connectivity index (χ0v) is 12.4. The molecule has 7 heteroatoms. The summed E-state index contributed by atoms with van der Waals surface area (Å²) in [4.78, 5) is 19.8. The third-order valence-electron chi connectivity index (χ3n) is 2.58. The number of hydrogen-bond acceptors (Lipinski definition) is 4. The highest BCUT2D eigenvalue weighted by Crippen LogP contribution is 2.19. The second kappa shape index (κ2) is 6.05. The minimum absolute atomic E-state index is 0.0577. The normalized spacial score (nSPS) is 11.1. The lowest BCUT2D eigenvalue weighted by Crippen LogP contribution is -2.40. The zero-order valence-electron chi connectivity index (χ0n) is 12.4. The quantitative estimate of drug-likeness (QED) is 0.914. The first-order chi connectivity index (χ1) is 10.2. The smallest absolute Gasteiger partial charge is 0.270 e. The highest BCUT2D eigenvalue weighted by atomic mass is 19.1. The third-order valence-corrected chi connectivity index (χ3v) is 2.58. The molecule has 0 radical (unpaired) electrons. The number of rotatable bonds is 3. The summed E-state index contributed by atoms with van der Waals surface area (Å²) in [5.74, 6) is -1.55. The fourth-order valence-electron chi connectivity index (χ4n) is 1.68. The van der Waals surface area contributed by atoms with Crippen LogP contribution in [-0.2, 0) is 0 Å². The van der Waals surface area contributed by atoms with E-state index in [-0.39, 0.29) is 23.1 Å². The Morgan fingerprint density at radius 3 is 2.50 bits per heavy atom. The van der Waals surface area contributed by atoms with Crippen molar-refractivity contribution in [1.82, 2.24) is 15.3 Å². The number of benzene rings is 1. The SMILES string of the molecule is CC(C)(C)NC(=O)c1cc(Nc2ccc(F)cc2F)ncn1. The molecule has 2 rings (SSSR count). The highest BCUT2D eigenvalue weighted by molar-refractivity contribution is 5.93. The van der Waals surface area contributed by atoms with Crippen molar-refractivity contribution in [1.29, 1.82) is 0 Å². The van der Waals surface area contributed by atoms with E-state index in [2.05, 4.69) is 20.6 Å². The molecule has 0 aliphatic carbocycles. The van der Waals surface area contributed by atoms with Crippen molar-refractivity contribution in [2.75, 3.05) is 5.32 Å². The summed E-state index contributed by atoms with van der Waals surface area (Å²) in [7, 11) is 0. The Morgan fingerprint density at radius 1 is 1.14 bits per heavy atom. The summed E-state index contributed by atoms with van der Waals surface area (Å²) in [6.07, 6.45) is 1.20. The number of aromatic nitrogens is 2. The second-order valence-corrected chi connectivity index (χ2v) is 5.74. The zero-order chi connectivity index (χ0) is 16.3. The molecular weight excluding hydrogens is 290 g/mol. The molecule has 2 N–H and O–H groups in total. The Bertz CT molecular complexity index is 698. The molecule has 1 aromatic carbocycles. The van der Waals surface area contributed by atoms with E-state index >= 15 is 0 Å².